The van der Waals surface area contributed by atoms with E-state index < -0.39 is 0 Å². The Morgan fingerprint density at radius 3 is 2.65 bits per heavy atom. The monoisotopic (exact) mass is 292 g/mol. The highest BCUT2D eigenvalue weighted by atomic mass is 32.2. The van der Waals surface area contributed by atoms with Crippen LogP contribution in [-0.4, -0.2) is 42.1 Å². The van der Waals surface area contributed by atoms with E-state index in [1.54, 1.807) is 0 Å². The summed E-state index contributed by atoms with van der Waals surface area (Å²) in [4.78, 5) is 2.62. The topological polar surface area (TPSA) is 15.3 Å². The maximum Gasteiger partial charge on any atom is 0.0237 e. The largest absolute Gasteiger partial charge is 0.319 e. The van der Waals surface area contributed by atoms with Crippen molar-refractivity contribution in [1.82, 2.24) is 10.2 Å². The van der Waals surface area contributed by atoms with Gasteiger partial charge in [-0.3, -0.25) is 4.90 Å². The molecule has 1 N–H and O–H groups in total. The Morgan fingerprint density at radius 1 is 1.30 bits per heavy atom. The highest BCUT2D eigenvalue weighted by molar-refractivity contribution is 8.00. The van der Waals surface area contributed by atoms with Crippen molar-refractivity contribution >= 4 is 11.8 Å². The number of benzene rings is 1. The van der Waals surface area contributed by atoms with Crippen molar-refractivity contribution < 1.29 is 0 Å². The SMILES string of the molecule is CNCC(C)c1ccc(CN2CCSC(C)C2C)cc1. The lowest BCUT2D eigenvalue weighted by atomic mass is 9.99. The van der Waals surface area contributed by atoms with Crippen LogP contribution in [0.3, 0.4) is 0 Å². The quantitative estimate of drug-likeness (QED) is 0.896. The lowest BCUT2D eigenvalue weighted by Crippen LogP contribution is -2.43. The second-order valence-corrected chi connectivity index (χ2v) is 7.47. The van der Waals surface area contributed by atoms with Gasteiger partial charge in [0.2, 0.25) is 0 Å². The average Bonchev–Trinajstić information content (AvgIpc) is 2.45. The maximum atomic E-state index is 3.25. The highest BCUT2D eigenvalue weighted by Gasteiger charge is 2.24. The van der Waals surface area contributed by atoms with Crippen molar-refractivity contribution in [3.8, 4) is 0 Å². The van der Waals surface area contributed by atoms with Gasteiger partial charge in [-0.1, -0.05) is 38.1 Å². The number of likely N-dealkylation sites (N-methyl/N-ethyl adjacent to an activating group) is 1. The van der Waals surface area contributed by atoms with E-state index in [2.05, 4.69) is 67.0 Å². The molecule has 0 amide bonds. The van der Waals surface area contributed by atoms with Gasteiger partial charge >= 0.3 is 0 Å². The molecule has 1 saturated heterocycles. The van der Waals surface area contributed by atoms with Gasteiger partial charge in [-0.05, 0) is 31.0 Å². The number of hydrogen-bond acceptors (Lipinski definition) is 3. The van der Waals surface area contributed by atoms with E-state index in [1.165, 1.54) is 23.4 Å². The minimum absolute atomic E-state index is 0.583. The van der Waals surface area contributed by atoms with Gasteiger partial charge in [-0.2, -0.15) is 11.8 Å². The minimum Gasteiger partial charge on any atom is -0.319 e. The third kappa shape index (κ3) is 4.00. The summed E-state index contributed by atoms with van der Waals surface area (Å²) in [6.45, 7) is 10.3. The molecule has 1 aromatic carbocycles. The van der Waals surface area contributed by atoms with Crippen LogP contribution in [0.1, 0.15) is 37.8 Å². The van der Waals surface area contributed by atoms with Gasteiger partial charge in [0, 0.05) is 36.7 Å². The average molecular weight is 292 g/mol. The van der Waals surface area contributed by atoms with Gasteiger partial charge in [-0.25, -0.2) is 0 Å². The molecule has 112 valence electrons. The van der Waals surface area contributed by atoms with E-state index >= 15 is 0 Å². The van der Waals surface area contributed by atoms with Crippen molar-refractivity contribution in [3.63, 3.8) is 0 Å². The first-order chi connectivity index (χ1) is 9.61. The second kappa shape index (κ2) is 7.48. The molecule has 1 aliphatic rings. The van der Waals surface area contributed by atoms with Gasteiger partial charge in [0.1, 0.15) is 0 Å². The number of nitrogens with one attached hydrogen (secondary N) is 1. The molecule has 0 saturated carbocycles. The van der Waals surface area contributed by atoms with Crippen LogP contribution in [0.2, 0.25) is 0 Å². The second-order valence-electron chi connectivity index (χ2n) is 5.99. The normalized spacial score (nSPS) is 25.6. The van der Waals surface area contributed by atoms with Crippen molar-refractivity contribution in [1.29, 1.82) is 0 Å². The van der Waals surface area contributed by atoms with Crippen LogP contribution in [0, 0.1) is 0 Å². The molecular weight excluding hydrogens is 264 g/mol. The Hall–Kier alpha value is -0.510. The molecule has 1 aliphatic heterocycles. The van der Waals surface area contributed by atoms with E-state index in [4.69, 9.17) is 0 Å². The first-order valence-electron chi connectivity index (χ1n) is 7.71. The summed E-state index contributed by atoms with van der Waals surface area (Å²) < 4.78 is 0. The van der Waals surface area contributed by atoms with Gasteiger partial charge in [0.05, 0.1) is 0 Å². The Morgan fingerprint density at radius 2 is 2.00 bits per heavy atom. The molecule has 20 heavy (non-hydrogen) atoms. The predicted molar refractivity (Wildman–Crippen MR) is 90.6 cm³/mol. The summed E-state index contributed by atoms with van der Waals surface area (Å²) >= 11 is 2.10. The van der Waals surface area contributed by atoms with Crippen LogP contribution in [0.5, 0.6) is 0 Å². The Labute approximate surface area is 128 Å². The van der Waals surface area contributed by atoms with Gasteiger partial charge < -0.3 is 5.32 Å². The summed E-state index contributed by atoms with van der Waals surface area (Å²) in [6.07, 6.45) is 0. The van der Waals surface area contributed by atoms with Crippen LogP contribution >= 0.6 is 11.8 Å². The molecule has 0 aromatic heterocycles. The lowest BCUT2D eigenvalue weighted by molar-refractivity contribution is 0.204. The number of hydrogen-bond donors (Lipinski definition) is 1. The number of thioether (sulfide) groups is 1. The van der Waals surface area contributed by atoms with E-state index in [-0.39, 0.29) is 0 Å². The fourth-order valence-electron chi connectivity index (χ4n) is 2.83. The molecule has 2 rings (SSSR count). The fraction of sp³-hybridized carbons (Fsp3) is 0.647. The molecule has 3 heteroatoms. The van der Waals surface area contributed by atoms with Gasteiger partial charge in [0.15, 0.2) is 0 Å². The zero-order valence-corrected chi connectivity index (χ0v) is 14.0. The third-order valence-electron chi connectivity index (χ3n) is 4.46. The van der Waals surface area contributed by atoms with Crippen LogP contribution in [0.4, 0.5) is 0 Å². The van der Waals surface area contributed by atoms with E-state index in [1.807, 2.05) is 7.05 Å². The smallest absolute Gasteiger partial charge is 0.0237 e. The third-order valence-corrected chi connectivity index (χ3v) is 5.80. The van der Waals surface area contributed by atoms with Gasteiger partial charge in [0.25, 0.3) is 0 Å². The lowest BCUT2D eigenvalue weighted by Gasteiger charge is -2.37. The zero-order valence-electron chi connectivity index (χ0n) is 13.2. The molecule has 0 aliphatic carbocycles. The standard InChI is InChI=1S/C17H28N2S/c1-13(11-18-4)17-7-5-16(6-8-17)12-19-9-10-20-15(3)14(19)2/h5-8,13-15,18H,9-12H2,1-4H3. The Bertz CT molecular complexity index is 404. The molecule has 1 fully saturated rings. The summed E-state index contributed by atoms with van der Waals surface area (Å²) in [5.41, 5.74) is 2.87. The first kappa shape index (κ1) is 15.9. The molecule has 0 radical (unpaired) electrons. The molecule has 3 unspecified atom stereocenters. The Balaban J connectivity index is 1.96. The van der Waals surface area contributed by atoms with E-state index in [0.29, 0.717) is 12.0 Å². The van der Waals surface area contributed by atoms with Crippen LogP contribution in [0.15, 0.2) is 24.3 Å². The molecule has 0 bridgehead atoms. The number of nitrogens with zero attached hydrogens (tertiary/aromatic N) is 1. The summed E-state index contributed by atoms with van der Waals surface area (Å²) in [6, 6.07) is 9.88. The predicted octanol–water partition coefficient (Wildman–Crippen LogP) is 3.34. The molecule has 1 aromatic rings. The molecule has 3 atom stereocenters. The Kier molecular flexibility index (Phi) is 5.94. The van der Waals surface area contributed by atoms with Crippen LogP contribution in [-0.2, 0) is 6.54 Å². The molecular formula is C17H28N2S. The molecule has 0 spiro atoms. The summed E-state index contributed by atoms with van der Waals surface area (Å²) in [5.74, 6) is 1.85. The zero-order chi connectivity index (χ0) is 14.5. The minimum atomic E-state index is 0.583. The van der Waals surface area contributed by atoms with E-state index in [0.717, 1.165) is 18.3 Å². The highest BCUT2D eigenvalue weighted by Crippen LogP contribution is 2.26. The van der Waals surface area contributed by atoms with Crippen LogP contribution in [0.25, 0.3) is 0 Å². The van der Waals surface area contributed by atoms with Crippen molar-refractivity contribution in [2.45, 2.75) is 44.5 Å². The van der Waals surface area contributed by atoms with Crippen molar-refractivity contribution in [3.05, 3.63) is 35.4 Å². The van der Waals surface area contributed by atoms with Crippen LogP contribution < -0.4 is 5.32 Å². The number of rotatable bonds is 5. The summed E-state index contributed by atoms with van der Waals surface area (Å²) in [7, 11) is 2.02. The van der Waals surface area contributed by atoms with Crippen molar-refractivity contribution in [2.75, 3.05) is 25.9 Å². The maximum absolute atomic E-state index is 3.25. The van der Waals surface area contributed by atoms with Gasteiger partial charge in [-0.15, -0.1) is 0 Å². The fourth-order valence-corrected chi connectivity index (χ4v) is 3.99. The van der Waals surface area contributed by atoms with Crippen molar-refractivity contribution in [2.24, 2.45) is 0 Å². The van der Waals surface area contributed by atoms with E-state index in [9.17, 15) is 0 Å². The summed E-state index contributed by atoms with van der Waals surface area (Å²) in [5, 5.41) is 4.00. The molecule has 1 heterocycles. The molecule has 2 nitrogen and oxygen atoms in total. The first-order valence-corrected chi connectivity index (χ1v) is 8.75.